The topological polar surface area (TPSA) is 58.6 Å². The van der Waals surface area contributed by atoms with Crippen LogP contribution in [0.4, 0.5) is 0 Å². The number of H-pyrrole nitrogens is 1. The van der Waals surface area contributed by atoms with Gasteiger partial charge in [0.1, 0.15) is 5.65 Å². The number of aromatic amines is 1. The van der Waals surface area contributed by atoms with Gasteiger partial charge in [0.05, 0.1) is 11.3 Å². The molecule has 1 N–H and O–H groups in total. The lowest BCUT2D eigenvalue weighted by molar-refractivity contribution is 0.0996. The van der Waals surface area contributed by atoms with Gasteiger partial charge in [-0.3, -0.25) is 9.78 Å². The van der Waals surface area contributed by atoms with Crippen molar-refractivity contribution in [3.8, 4) is 0 Å². The Morgan fingerprint density at radius 3 is 2.88 bits per heavy atom. The summed E-state index contributed by atoms with van der Waals surface area (Å²) in [5.41, 5.74) is 4.02. The molecule has 0 radical (unpaired) electrons. The number of ketones is 1. The van der Waals surface area contributed by atoms with E-state index < -0.39 is 0 Å². The van der Waals surface area contributed by atoms with Crippen molar-refractivity contribution < 1.29 is 4.79 Å². The van der Waals surface area contributed by atoms with Crippen molar-refractivity contribution in [1.29, 1.82) is 0 Å². The van der Waals surface area contributed by atoms with Crippen LogP contribution in [0, 0.1) is 0 Å². The number of Topliss-reactive ketones (excluding diaryl/α,β-unsaturated/α-hetero) is 1. The highest BCUT2D eigenvalue weighted by atomic mass is 32.1. The van der Waals surface area contributed by atoms with Crippen LogP contribution in [0.25, 0.3) is 11.0 Å². The van der Waals surface area contributed by atoms with Crippen molar-refractivity contribution in [1.82, 2.24) is 15.0 Å². The number of hydrogen-bond donors (Lipinski definition) is 1. The van der Waals surface area contributed by atoms with Crippen molar-refractivity contribution >= 4 is 28.2 Å². The molecule has 24 heavy (non-hydrogen) atoms. The molecule has 0 aromatic carbocycles. The summed E-state index contributed by atoms with van der Waals surface area (Å²) in [6.07, 6.45) is 6.76. The molecule has 0 atom stereocenters. The molecule has 4 nitrogen and oxygen atoms in total. The van der Waals surface area contributed by atoms with Gasteiger partial charge in [-0.1, -0.05) is 12.1 Å². The van der Waals surface area contributed by atoms with Crippen LogP contribution in [0.3, 0.4) is 0 Å². The van der Waals surface area contributed by atoms with Gasteiger partial charge in [-0.05, 0) is 40.8 Å². The number of pyridine rings is 2. The molecule has 4 aromatic rings. The molecule has 0 saturated heterocycles. The molecule has 118 valence electrons. The first-order valence-electron chi connectivity index (χ1n) is 7.71. The summed E-state index contributed by atoms with van der Waals surface area (Å²) in [6.45, 7) is 0. The Hall–Kier alpha value is -2.79. The van der Waals surface area contributed by atoms with Crippen LogP contribution in [0.1, 0.15) is 26.5 Å². The zero-order valence-corrected chi connectivity index (χ0v) is 13.7. The van der Waals surface area contributed by atoms with Crippen LogP contribution in [-0.4, -0.2) is 20.7 Å². The molecule has 0 aliphatic rings. The Kier molecular flexibility index (Phi) is 3.92. The highest BCUT2D eigenvalue weighted by Crippen LogP contribution is 2.19. The maximum atomic E-state index is 12.1. The second-order valence-corrected chi connectivity index (χ2v) is 6.57. The summed E-state index contributed by atoms with van der Waals surface area (Å²) in [5.74, 6) is 0.118. The van der Waals surface area contributed by atoms with E-state index in [0.29, 0.717) is 6.42 Å². The van der Waals surface area contributed by atoms with Crippen LogP contribution < -0.4 is 0 Å². The average molecular weight is 333 g/mol. The molecule has 0 aliphatic heterocycles. The molecule has 0 fully saturated rings. The standard InChI is InChI=1S/C19H15N3OS/c23-17(18-4-2-8-24-18)10-15-6-5-13(11-21-15)9-14-12-22-19-16(14)3-1-7-20-19/h1-8,11-12H,9-10H2,(H,20,22). The van der Waals surface area contributed by atoms with Gasteiger partial charge in [-0.25, -0.2) is 4.98 Å². The number of carbonyl (C=O) groups is 1. The van der Waals surface area contributed by atoms with Crippen LogP contribution in [-0.2, 0) is 12.8 Å². The maximum Gasteiger partial charge on any atom is 0.178 e. The molecule has 5 heteroatoms. The molecule has 0 spiro atoms. The summed E-state index contributed by atoms with van der Waals surface area (Å²) in [4.78, 5) is 24.8. The normalized spacial score (nSPS) is 11.0. The van der Waals surface area contributed by atoms with E-state index in [0.717, 1.165) is 33.6 Å². The second-order valence-electron chi connectivity index (χ2n) is 5.63. The molecule has 0 saturated carbocycles. The molecular weight excluding hydrogens is 318 g/mol. The number of carbonyl (C=O) groups excluding carboxylic acids is 1. The number of nitrogens with one attached hydrogen (secondary N) is 1. The quantitative estimate of drug-likeness (QED) is 0.561. The minimum absolute atomic E-state index is 0.118. The van der Waals surface area contributed by atoms with Crippen LogP contribution in [0.2, 0.25) is 0 Å². The van der Waals surface area contributed by atoms with Gasteiger partial charge >= 0.3 is 0 Å². The van der Waals surface area contributed by atoms with Crippen LogP contribution in [0.5, 0.6) is 0 Å². The number of nitrogens with zero attached hydrogens (tertiary/aromatic N) is 2. The Balaban J connectivity index is 1.49. The third-order valence-electron chi connectivity index (χ3n) is 3.96. The zero-order valence-electron chi connectivity index (χ0n) is 12.9. The summed E-state index contributed by atoms with van der Waals surface area (Å²) >= 11 is 1.47. The molecule has 0 amide bonds. The first kappa shape index (κ1) is 14.8. The summed E-state index contributed by atoms with van der Waals surface area (Å²) in [6, 6.07) is 11.7. The first-order chi connectivity index (χ1) is 11.8. The monoisotopic (exact) mass is 333 g/mol. The number of hydrogen-bond acceptors (Lipinski definition) is 4. The van der Waals surface area contributed by atoms with Gasteiger partial charge in [-0.2, -0.15) is 0 Å². The van der Waals surface area contributed by atoms with Crippen LogP contribution >= 0.6 is 11.3 Å². The number of aromatic nitrogens is 3. The van der Waals surface area contributed by atoms with Crippen molar-refractivity contribution in [3.05, 3.63) is 82.1 Å². The number of thiophene rings is 1. The van der Waals surface area contributed by atoms with Crippen molar-refractivity contribution in [2.45, 2.75) is 12.8 Å². The van der Waals surface area contributed by atoms with Gasteiger partial charge in [0.2, 0.25) is 0 Å². The fourth-order valence-corrected chi connectivity index (χ4v) is 3.40. The number of rotatable bonds is 5. The van der Waals surface area contributed by atoms with E-state index in [1.54, 1.807) is 6.20 Å². The van der Waals surface area contributed by atoms with E-state index in [1.165, 1.54) is 16.9 Å². The molecular formula is C19H15N3OS. The summed E-state index contributed by atoms with van der Waals surface area (Å²) in [5, 5.41) is 3.05. The highest BCUT2D eigenvalue weighted by Gasteiger charge is 2.10. The largest absolute Gasteiger partial charge is 0.346 e. The van der Waals surface area contributed by atoms with E-state index in [1.807, 2.05) is 48.1 Å². The summed E-state index contributed by atoms with van der Waals surface area (Å²) in [7, 11) is 0. The maximum absolute atomic E-state index is 12.1. The van der Waals surface area contributed by atoms with Gasteiger partial charge in [-0.15, -0.1) is 11.3 Å². The Bertz CT molecular complexity index is 971. The van der Waals surface area contributed by atoms with Crippen molar-refractivity contribution in [2.24, 2.45) is 0 Å². The Labute approximate surface area is 143 Å². The van der Waals surface area contributed by atoms with E-state index >= 15 is 0 Å². The smallest absolute Gasteiger partial charge is 0.178 e. The minimum atomic E-state index is 0.118. The fraction of sp³-hybridized carbons (Fsp3) is 0.105. The van der Waals surface area contributed by atoms with E-state index in [9.17, 15) is 4.79 Å². The zero-order chi connectivity index (χ0) is 16.4. The molecule has 4 aromatic heterocycles. The summed E-state index contributed by atoms with van der Waals surface area (Å²) < 4.78 is 0. The molecule has 0 unspecified atom stereocenters. The Morgan fingerprint density at radius 2 is 2.08 bits per heavy atom. The molecule has 4 heterocycles. The lowest BCUT2D eigenvalue weighted by atomic mass is 10.1. The van der Waals surface area contributed by atoms with E-state index in [-0.39, 0.29) is 5.78 Å². The first-order valence-corrected chi connectivity index (χ1v) is 8.59. The van der Waals surface area contributed by atoms with E-state index in [2.05, 4.69) is 21.0 Å². The minimum Gasteiger partial charge on any atom is -0.346 e. The van der Waals surface area contributed by atoms with Gasteiger partial charge in [0, 0.05) is 36.1 Å². The third-order valence-corrected chi connectivity index (χ3v) is 4.87. The molecule has 0 aliphatic carbocycles. The molecule has 0 bridgehead atoms. The SMILES string of the molecule is O=C(Cc1ccc(Cc2c[nH]c3ncccc23)cn1)c1cccs1. The number of fused-ring (bicyclic) bond motifs is 1. The highest BCUT2D eigenvalue weighted by molar-refractivity contribution is 7.12. The lowest BCUT2D eigenvalue weighted by Gasteiger charge is -2.03. The molecule has 4 rings (SSSR count). The predicted molar refractivity (Wildman–Crippen MR) is 95.5 cm³/mol. The predicted octanol–water partition coefficient (Wildman–Crippen LogP) is 4.04. The van der Waals surface area contributed by atoms with Crippen molar-refractivity contribution in [3.63, 3.8) is 0 Å². The average Bonchev–Trinajstić information content (AvgIpc) is 3.27. The van der Waals surface area contributed by atoms with Gasteiger partial charge < -0.3 is 4.98 Å². The third kappa shape index (κ3) is 2.98. The second kappa shape index (κ2) is 6.37. The van der Waals surface area contributed by atoms with Crippen molar-refractivity contribution in [2.75, 3.05) is 0 Å². The lowest BCUT2D eigenvalue weighted by Crippen LogP contribution is -2.03. The Morgan fingerprint density at radius 1 is 1.12 bits per heavy atom. The van der Waals surface area contributed by atoms with E-state index in [4.69, 9.17) is 0 Å². The van der Waals surface area contributed by atoms with Gasteiger partial charge in [0.15, 0.2) is 5.78 Å². The fourth-order valence-electron chi connectivity index (χ4n) is 2.73. The van der Waals surface area contributed by atoms with Gasteiger partial charge in [0.25, 0.3) is 0 Å². The van der Waals surface area contributed by atoms with Crippen LogP contribution in [0.15, 0.2) is 60.4 Å².